The second-order valence-corrected chi connectivity index (χ2v) is 11.0. The summed E-state index contributed by atoms with van der Waals surface area (Å²) < 4.78 is 10.4. The van der Waals surface area contributed by atoms with Crippen LogP contribution in [0.25, 0.3) is 0 Å². The van der Waals surface area contributed by atoms with Crippen LogP contribution in [0.2, 0.25) is 0 Å². The average Bonchev–Trinajstić information content (AvgIpc) is 2.94. The maximum atomic E-state index is 13.6. The van der Waals surface area contributed by atoms with Gasteiger partial charge in [0.15, 0.2) is 6.61 Å². The number of rotatable bonds is 17. The molecule has 0 heterocycles. The SMILES string of the molecule is CC(C)(C)OC(=O)NC(Cc1ccccc1)C(=O)NC(Cc1ccc(OCC(=O)O)c(C(=O)O)c1)C(=O)NCCCCCO. The number of unbranched alkanes of at least 4 members (excludes halogenated alkanes) is 2. The molecular formula is C31H41N3O10. The van der Waals surface area contributed by atoms with E-state index in [0.29, 0.717) is 24.8 Å². The fourth-order valence-electron chi connectivity index (χ4n) is 4.11. The Morgan fingerprint density at radius 2 is 1.48 bits per heavy atom. The molecule has 2 rings (SSSR count). The molecule has 0 spiro atoms. The van der Waals surface area contributed by atoms with Crippen LogP contribution in [0, 0.1) is 0 Å². The second-order valence-electron chi connectivity index (χ2n) is 11.0. The van der Waals surface area contributed by atoms with E-state index >= 15 is 0 Å². The Morgan fingerprint density at radius 3 is 2.09 bits per heavy atom. The van der Waals surface area contributed by atoms with Gasteiger partial charge in [0.05, 0.1) is 0 Å². The van der Waals surface area contributed by atoms with Crippen molar-refractivity contribution < 1.29 is 48.8 Å². The molecule has 44 heavy (non-hydrogen) atoms. The fraction of sp³-hybridized carbons (Fsp3) is 0.452. The number of hydrogen-bond donors (Lipinski definition) is 6. The van der Waals surface area contributed by atoms with Crippen LogP contribution in [0.5, 0.6) is 5.75 Å². The highest BCUT2D eigenvalue weighted by Gasteiger charge is 2.29. The molecule has 0 radical (unpaired) electrons. The minimum absolute atomic E-state index is 0.0260. The van der Waals surface area contributed by atoms with Crippen molar-refractivity contribution >= 4 is 29.8 Å². The fourth-order valence-corrected chi connectivity index (χ4v) is 4.11. The lowest BCUT2D eigenvalue weighted by Crippen LogP contribution is -2.55. The van der Waals surface area contributed by atoms with E-state index in [1.165, 1.54) is 18.2 Å². The number of aliphatic carboxylic acids is 1. The first kappa shape index (κ1) is 35.5. The summed E-state index contributed by atoms with van der Waals surface area (Å²) in [5.41, 5.74) is -0.0349. The molecule has 13 heteroatoms. The number of carboxylic acids is 2. The topological polar surface area (TPSA) is 201 Å². The third-order valence-corrected chi connectivity index (χ3v) is 6.12. The smallest absolute Gasteiger partial charge is 0.408 e. The summed E-state index contributed by atoms with van der Waals surface area (Å²) in [6.45, 7) is 4.61. The summed E-state index contributed by atoms with van der Waals surface area (Å²) in [7, 11) is 0. The Bertz CT molecular complexity index is 1280. The van der Waals surface area contributed by atoms with Crippen molar-refractivity contribution in [1.29, 1.82) is 0 Å². The number of ether oxygens (including phenoxy) is 2. The summed E-state index contributed by atoms with van der Waals surface area (Å²) in [5.74, 6) is -4.03. The molecule has 2 aromatic rings. The summed E-state index contributed by atoms with van der Waals surface area (Å²) in [6.07, 6.45) is 0.983. The number of aromatic carboxylic acids is 1. The number of carboxylic acid groups (broad SMARTS) is 2. The Balaban J connectivity index is 2.33. The van der Waals surface area contributed by atoms with Gasteiger partial charge in [0, 0.05) is 26.0 Å². The van der Waals surface area contributed by atoms with Crippen LogP contribution >= 0.6 is 0 Å². The number of hydrogen-bond acceptors (Lipinski definition) is 8. The van der Waals surface area contributed by atoms with Crippen LogP contribution in [-0.4, -0.2) is 82.6 Å². The van der Waals surface area contributed by atoms with Gasteiger partial charge in [-0.3, -0.25) is 9.59 Å². The van der Waals surface area contributed by atoms with E-state index in [-0.39, 0.29) is 37.3 Å². The molecule has 2 atom stereocenters. The molecule has 0 fully saturated rings. The van der Waals surface area contributed by atoms with Crippen molar-refractivity contribution in [3.63, 3.8) is 0 Å². The Morgan fingerprint density at radius 1 is 0.818 bits per heavy atom. The van der Waals surface area contributed by atoms with Crippen LogP contribution in [0.1, 0.15) is 61.5 Å². The van der Waals surface area contributed by atoms with Gasteiger partial charge in [-0.25, -0.2) is 14.4 Å². The van der Waals surface area contributed by atoms with Crippen molar-refractivity contribution in [2.75, 3.05) is 19.8 Å². The first-order chi connectivity index (χ1) is 20.8. The van der Waals surface area contributed by atoms with Crippen molar-refractivity contribution in [3.05, 3.63) is 65.2 Å². The molecule has 0 saturated heterocycles. The summed E-state index contributed by atoms with van der Waals surface area (Å²) >= 11 is 0. The van der Waals surface area contributed by atoms with E-state index in [1.54, 1.807) is 45.0 Å². The van der Waals surface area contributed by atoms with E-state index in [1.807, 2.05) is 6.07 Å². The first-order valence-corrected chi connectivity index (χ1v) is 14.2. The van der Waals surface area contributed by atoms with Crippen molar-refractivity contribution in [2.24, 2.45) is 0 Å². The lowest BCUT2D eigenvalue weighted by atomic mass is 10.0. The zero-order chi connectivity index (χ0) is 32.7. The summed E-state index contributed by atoms with van der Waals surface area (Å²) in [6, 6.07) is 10.7. The highest BCUT2D eigenvalue weighted by Crippen LogP contribution is 2.21. The van der Waals surface area contributed by atoms with E-state index in [2.05, 4.69) is 16.0 Å². The third-order valence-electron chi connectivity index (χ3n) is 6.12. The molecule has 0 aromatic heterocycles. The van der Waals surface area contributed by atoms with Gasteiger partial charge in [0.25, 0.3) is 0 Å². The van der Waals surface area contributed by atoms with Crippen molar-refractivity contribution in [2.45, 2.75) is 70.6 Å². The number of alkyl carbamates (subject to hydrolysis) is 1. The zero-order valence-electron chi connectivity index (χ0n) is 25.1. The number of amides is 3. The second kappa shape index (κ2) is 17.5. The lowest BCUT2D eigenvalue weighted by Gasteiger charge is -2.25. The van der Waals surface area contributed by atoms with Gasteiger partial charge in [0.2, 0.25) is 11.8 Å². The predicted octanol–water partition coefficient (Wildman–Crippen LogP) is 2.29. The average molecular weight is 616 g/mol. The number of carbonyl (C=O) groups excluding carboxylic acids is 3. The maximum absolute atomic E-state index is 13.6. The van der Waals surface area contributed by atoms with Gasteiger partial charge in [-0.1, -0.05) is 36.4 Å². The minimum atomic E-state index is -1.37. The van der Waals surface area contributed by atoms with Gasteiger partial charge >= 0.3 is 18.0 Å². The molecule has 0 bridgehead atoms. The van der Waals surface area contributed by atoms with Crippen LogP contribution < -0.4 is 20.7 Å². The quantitative estimate of drug-likeness (QED) is 0.143. The van der Waals surface area contributed by atoms with E-state index in [0.717, 1.165) is 5.56 Å². The molecule has 3 amide bonds. The molecule has 240 valence electrons. The van der Waals surface area contributed by atoms with Gasteiger partial charge in [-0.15, -0.1) is 0 Å². The van der Waals surface area contributed by atoms with E-state index < -0.39 is 54.1 Å². The van der Waals surface area contributed by atoms with Crippen molar-refractivity contribution in [1.82, 2.24) is 16.0 Å². The van der Waals surface area contributed by atoms with Gasteiger partial charge in [0.1, 0.15) is 29.0 Å². The van der Waals surface area contributed by atoms with Gasteiger partial charge < -0.3 is 40.7 Å². The van der Waals surface area contributed by atoms with Crippen LogP contribution in [0.4, 0.5) is 4.79 Å². The first-order valence-electron chi connectivity index (χ1n) is 14.2. The van der Waals surface area contributed by atoms with Crippen LogP contribution in [-0.2, 0) is 32.0 Å². The number of benzene rings is 2. The normalized spacial score (nSPS) is 12.4. The Labute approximate surface area is 255 Å². The standard InChI is InChI=1S/C31H41N3O10/c1-31(2,3)44-30(42)34-24(17-20-10-6-4-7-11-20)28(39)33-23(27(38)32-14-8-5-9-15-35)18-21-12-13-25(43-19-26(36)37)22(16-21)29(40)41/h4,6-7,10-13,16,23-24,35H,5,8-9,14-15,17-19H2,1-3H3,(H,32,38)(H,33,39)(H,34,42)(H,36,37)(H,40,41). The molecule has 13 nitrogen and oxygen atoms in total. The predicted molar refractivity (Wildman–Crippen MR) is 159 cm³/mol. The highest BCUT2D eigenvalue weighted by molar-refractivity contribution is 5.93. The van der Waals surface area contributed by atoms with Crippen molar-refractivity contribution in [3.8, 4) is 5.75 Å². The van der Waals surface area contributed by atoms with E-state index in [4.69, 9.17) is 19.7 Å². The largest absolute Gasteiger partial charge is 0.481 e. The summed E-state index contributed by atoms with van der Waals surface area (Å²) in [4.78, 5) is 62.2. The molecule has 0 aliphatic heterocycles. The Kier molecular flexibility index (Phi) is 14.1. The highest BCUT2D eigenvalue weighted by atomic mass is 16.6. The summed E-state index contributed by atoms with van der Waals surface area (Å²) in [5, 5.41) is 35.6. The van der Waals surface area contributed by atoms with Gasteiger partial charge in [-0.2, -0.15) is 0 Å². The lowest BCUT2D eigenvalue weighted by molar-refractivity contribution is -0.139. The number of nitrogens with one attached hydrogen (secondary N) is 3. The van der Waals surface area contributed by atoms with E-state index in [9.17, 15) is 29.1 Å². The molecule has 0 aliphatic carbocycles. The monoisotopic (exact) mass is 615 g/mol. The van der Waals surface area contributed by atoms with Crippen LogP contribution in [0.15, 0.2) is 48.5 Å². The molecule has 6 N–H and O–H groups in total. The molecule has 2 aromatic carbocycles. The molecule has 0 saturated carbocycles. The van der Waals surface area contributed by atoms with Gasteiger partial charge in [-0.05, 0) is 63.3 Å². The molecule has 0 aliphatic rings. The third kappa shape index (κ3) is 13.1. The minimum Gasteiger partial charge on any atom is -0.481 e. The molecular weight excluding hydrogens is 574 g/mol. The number of carbonyl (C=O) groups is 5. The number of aliphatic hydroxyl groups excluding tert-OH is 1. The number of aliphatic hydroxyl groups is 1. The maximum Gasteiger partial charge on any atom is 0.408 e. The Hall–Kier alpha value is -4.65. The molecule has 2 unspecified atom stereocenters. The zero-order valence-corrected chi connectivity index (χ0v) is 25.1. The van der Waals surface area contributed by atoms with Crippen LogP contribution in [0.3, 0.4) is 0 Å².